The van der Waals surface area contributed by atoms with Crippen LogP contribution in [0.25, 0.3) is 20.7 Å². The Morgan fingerprint density at radius 3 is 2.56 bits per heavy atom. The number of amides is 1. The monoisotopic (exact) mass is 494 g/mol. The van der Waals surface area contributed by atoms with Gasteiger partial charge in [-0.3, -0.25) is 14.5 Å². The molecule has 1 saturated heterocycles. The van der Waals surface area contributed by atoms with E-state index in [9.17, 15) is 9.59 Å². The quantitative estimate of drug-likeness (QED) is 0.448. The van der Waals surface area contributed by atoms with E-state index in [1.54, 1.807) is 19.2 Å². The lowest BCUT2D eigenvalue weighted by Gasteiger charge is -2.34. The molecule has 0 spiro atoms. The zero-order chi connectivity index (χ0) is 23.7. The molecule has 0 radical (unpaired) electrons. The van der Waals surface area contributed by atoms with Crippen molar-refractivity contribution in [3.05, 3.63) is 81.4 Å². The van der Waals surface area contributed by atoms with E-state index in [-0.39, 0.29) is 11.5 Å². The maximum Gasteiger partial charge on any atom is 0.268 e. The molecule has 0 bridgehead atoms. The van der Waals surface area contributed by atoms with Gasteiger partial charge in [0.2, 0.25) is 0 Å². The number of aromatic nitrogens is 2. The Bertz CT molecular complexity index is 1390. The van der Waals surface area contributed by atoms with E-state index < -0.39 is 0 Å². The predicted molar refractivity (Wildman–Crippen MR) is 135 cm³/mol. The summed E-state index contributed by atoms with van der Waals surface area (Å²) in [6.45, 7) is 3.09. The first-order valence-corrected chi connectivity index (χ1v) is 12.1. The number of fused-ring (bicyclic) bond motifs is 1. The molecule has 2 aromatic heterocycles. The second-order valence-corrected chi connectivity index (χ2v) is 9.57. The fourth-order valence-electron chi connectivity index (χ4n) is 4.09. The van der Waals surface area contributed by atoms with E-state index in [0.717, 1.165) is 16.2 Å². The number of thiophene rings is 1. The number of carbonyl (C=O) groups excluding carboxylic acids is 1. The average molecular weight is 495 g/mol. The predicted octanol–water partition coefficient (Wildman–Crippen LogP) is 4.27. The third-order valence-electron chi connectivity index (χ3n) is 5.94. The molecule has 1 N–H and O–H groups in total. The maximum atomic E-state index is 12.8. The summed E-state index contributed by atoms with van der Waals surface area (Å²) < 4.78 is 5.84. The van der Waals surface area contributed by atoms with E-state index in [1.807, 2.05) is 47.4 Å². The van der Waals surface area contributed by atoms with Gasteiger partial charge < -0.3 is 14.6 Å². The Labute approximate surface area is 205 Å². The van der Waals surface area contributed by atoms with Gasteiger partial charge in [0.05, 0.1) is 29.8 Å². The van der Waals surface area contributed by atoms with E-state index in [2.05, 4.69) is 9.88 Å². The molecule has 2 aromatic carbocycles. The van der Waals surface area contributed by atoms with Crippen molar-refractivity contribution in [3.8, 4) is 16.2 Å². The number of nitrogens with zero attached hydrogens (tertiary/aromatic N) is 3. The summed E-state index contributed by atoms with van der Waals surface area (Å²) in [4.78, 5) is 38.2. The van der Waals surface area contributed by atoms with Crippen molar-refractivity contribution in [2.75, 3.05) is 33.3 Å². The molecule has 4 aromatic rings. The van der Waals surface area contributed by atoms with Crippen molar-refractivity contribution in [1.29, 1.82) is 0 Å². The zero-order valence-corrected chi connectivity index (χ0v) is 20.2. The highest BCUT2D eigenvalue weighted by atomic mass is 35.5. The summed E-state index contributed by atoms with van der Waals surface area (Å²) in [5.74, 6) is 1.36. The molecule has 5 rings (SSSR count). The summed E-state index contributed by atoms with van der Waals surface area (Å²) in [5, 5.41) is 0.467. The van der Waals surface area contributed by atoms with Crippen molar-refractivity contribution < 1.29 is 9.53 Å². The number of benzene rings is 2. The first-order chi connectivity index (χ1) is 16.5. The molecule has 1 aliphatic rings. The summed E-state index contributed by atoms with van der Waals surface area (Å²) in [6.07, 6.45) is 0. The average Bonchev–Trinajstić information content (AvgIpc) is 3.29. The van der Waals surface area contributed by atoms with Gasteiger partial charge in [-0.05, 0) is 48.0 Å². The van der Waals surface area contributed by atoms with Crippen LogP contribution in [-0.2, 0) is 6.54 Å². The number of nitrogens with one attached hydrogen (secondary N) is 1. The molecule has 0 saturated carbocycles. The normalized spacial score (nSPS) is 14.5. The molecule has 0 atom stereocenters. The Hall–Kier alpha value is -3.20. The number of aromatic amines is 1. The van der Waals surface area contributed by atoms with Gasteiger partial charge in [0.15, 0.2) is 0 Å². The molecular formula is C25H23ClN4O3S. The number of carbonyl (C=O) groups is 1. The molecule has 0 unspecified atom stereocenters. The summed E-state index contributed by atoms with van der Waals surface area (Å²) in [5.41, 5.74) is 2.11. The minimum atomic E-state index is -0.128. The van der Waals surface area contributed by atoms with Gasteiger partial charge >= 0.3 is 0 Å². The first-order valence-electron chi connectivity index (χ1n) is 10.9. The molecule has 34 heavy (non-hydrogen) atoms. The fraction of sp³-hybridized carbons (Fsp3) is 0.240. The van der Waals surface area contributed by atoms with E-state index >= 15 is 0 Å². The van der Waals surface area contributed by atoms with Crippen LogP contribution in [0.15, 0.2) is 59.4 Å². The molecule has 0 aliphatic carbocycles. The van der Waals surface area contributed by atoms with Crippen LogP contribution in [0.4, 0.5) is 0 Å². The topological polar surface area (TPSA) is 78.5 Å². The van der Waals surface area contributed by atoms with Crippen LogP contribution in [0.3, 0.4) is 0 Å². The van der Waals surface area contributed by atoms with Gasteiger partial charge in [-0.15, -0.1) is 11.3 Å². The second-order valence-electron chi connectivity index (χ2n) is 8.11. The van der Waals surface area contributed by atoms with Crippen LogP contribution < -0.4 is 10.3 Å². The lowest BCUT2D eigenvalue weighted by Crippen LogP contribution is -2.48. The van der Waals surface area contributed by atoms with Crippen molar-refractivity contribution in [1.82, 2.24) is 19.8 Å². The molecule has 1 amide bonds. The van der Waals surface area contributed by atoms with Gasteiger partial charge in [-0.1, -0.05) is 23.7 Å². The summed E-state index contributed by atoms with van der Waals surface area (Å²) in [6, 6.07) is 16.8. The van der Waals surface area contributed by atoms with Crippen molar-refractivity contribution in [2.24, 2.45) is 0 Å². The lowest BCUT2D eigenvalue weighted by molar-refractivity contribution is 0.0625. The van der Waals surface area contributed by atoms with Gasteiger partial charge in [0.25, 0.3) is 11.5 Å². The van der Waals surface area contributed by atoms with E-state index in [4.69, 9.17) is 21.3 Å². The van der Waals surface area contributed by atoms with Crippen LogP contribution in [0.1, 0.15) is 16.2 Å². The van der Waals surface area contributed by atoms with Gasteiger partial charge in [0, 0.05) is 31.1 Å². The lowest BCUT2D eigenvalue weighted by atomic mass is 10.2. The van der Waals surface area contributed by atoms with Crippen LogP contribution in [-0.4, -0.2) is 59.0 Å². The van der Waals surface area contributed by atoms with Crippen molar-refractivity contribution >= 4 is 39.1 Å². The number of methoxy groups -OCH3 is 1. The van der Waals surface area contributed by atoms with Crippen molar-refractivity contribution in [3.63, 3.8) is 0 Å². The number of rotatable bonds is 5. The van der Waals surface area contributed by atoms with E-state index in [1.165, 1.54) is 11.3 Å². The zero-order valence-electron chi connectivity index (χ0n) is 18.6. The molecule has 9 heteroatoms. The summed E-state index contributed by atoms with van der Waals surface area (Å²) in [7, 11) is 1.63. The van der Waals surface area contributed by atoms with Gasteiger partial charge in [-0.2, -0.15) is 0 Å². The minimum Gasteiger partial charge on any atom is -0.497 e. The number of piperazine rings is 1. The molecule has 7 nitrogen and oxygen atoms in total. The number of halogens is 1. The highest BCUT2D eigenvalue weighted by Crippen LogP contribution is 2.32. The SMILES string of the molecule is COc1ccc(-c2cc3nc(CN4CCN(C(=O)c5ccccc5Cl)CC4)[nH]c(=O)c3s2)cc1. The van der Waals surface area contributed by atoms with Gasteiger partial charge in [0.1, 0.15) is 16.3 Å². The third-order valence-corrected chi connectivity index (χ3v) is 7.45. The van der Waals surface area contributed by atoms with Gasteiger partial charge in [-0.25, -0.2) is 4.98 Å². The van der Waals surface area contributed by atoms with Crippen LogP contribution in [0.5, 0.6) is 5.75 Å². The summed E-state index contributed by atoms with van der Waals surface area (Å²) >= 11 is 7.62. The molecule has 3 heterocycles. The maximum absolute atomic E-state index is 12.8. The second kappa shape index (κ2) is 9.58. The number of ether oxygens (including phenoxy) is 1. The molecule has 1 fully saturated rings. The number of hydrogen-bond acceptors (Lipinski definition) is 6. The third kappa shape index (κ3) is 4.57. The standard InChI is InChI=1S/C25H23ClN4O3S/c1-33-17-8-6-16(7-9-17)21-14-20-23(34-21)24(31)28-22(27-20)15-29-10-12-30(13-11-29)25(32)18-4-2-3-5-19(18)26/h2-9,14H,10-13,15H2,1H3,(H,27,28,31). The Kier molecular flexibility index (Phi) is 6.36. The Morgan fingerprint density at radius 1 is 1.12 bits per heavy atom. The van der Waals surface area contributed by atoms with Crippen LogP contribution >= 0.6 is 22.9 Å². The molecule has 1 aliphatic heterocycles. The van der Waals surface area contributed by atoms with Crippen LogP contribution in [0.2, 0.25) is 5.02 Å². The highest BCUT2D eigenvalue weighted by Gasteiger charge is 2.24. The molecule has 174 valence electrons. The van der Waals surface area contributed by atoms with Crippen molar-refractivity contribution in [2.45, 2.75) is 6.54 Å². The number of H-pyrrole nitrogens is 1. The largest absolute Gasteiger partial charge is 0.497 e. The fourth-order valence-corrected chi connectivity index (χ4v) is 5.30. The van der Waals surface area contributed by atoms with E-state index in [0.29, 0.717) is 59.4 Å². The Morgan fingerprint density at radius 2 is 1.85 bits per heavy atom. The Balaban J connectivity index is 1.27. The van der Waals surface area contributed by atoms with Crippen LogP contribution in [0, 0.1) is 0 Å². The molecular weight excluding hydrogens is 472 g/mol. The smallest absolute Gasteiger partial charge is 0.268 e. The first kappa shape index (κ1) is 22.6. The number of hydrogen-bond donors (Lipinski definition) is 1. The highest BCUT2D eigenvalue weighted by molar-refractivity contribution is 7.22. The minimum absolute atomic E-state index is 0.0532.